The Bertz CT molecular complexity index is 765. The van der Waals surface area contributed by atoms with E-state index in [1.807, 2.05) is 12.1 Å². The third-order valence-corrected chi connectivity index (χ3v) is 7.04. The summed E-state index contributed by atoms with van der Waals surface area (Å²) < 4.78 is 0. The van der Waals surface area contributed by atoms with Gasteiger partial charge in [0.15, 0.2) is 5.16 Å². The number of likely N-dealkylation sites (tertiary alicyclic amines) is 1. The van der Waals surface area contributed by atoms with Gasteiger partial charge in [0.2, 0.25) is 0 Å². The number of amides is 1. The molecule has 0 bridgehead atoms. The predicted molar refractivity (Wildman–Crippen MR) is 96.2 cm³/mol. The molecule has 3 aliphatic rings. The zero-order valence-electron chi connectivity index (χ0n) is 14.1. The van der Waals surface area contributed by atoms with E-state index in [1.165, 1.54) is 44.0 Å². The highest BCUT2D eigenvalue weighted by atomic mass is 32.2. The van der Waals surface area contributed by atoms with Crippen molar-refractivity contribution in [2.75, 3.05) is 6.54 Å². The summed E-state index contributed by atoms with van der Waals surface area (Å²) in [5.74, 6) is 1.82. The molecule has 0 radical (unpaired) electrons. The maximum Gasteiger partial charge on any atom is 0.254 e. The number of aromatic nitrogens is 3. The van der Waals surface area contributed by atoms with Gasteiger partial charge in [-0.1, -0.05) is 30.3 Å². The lowest BCUT2D eigenvalue weighted by molar-refractivity contribution is -0.111. The topological polar surface area (TPSA) is 61.9 Å². The lowest BCUT2D eigenvalue weighted by atomic mass is 9.56. The predicted octanol–water partition coefficient (Wildman–Crippen LogP) is 3.50. The van der Waals surface area contributed by atoms with Gasteiger partial charge in [-0.15, -0.1) is 0 Å². The molecule has 2 aromatic rings. The molecule has 1 amide bonds. The molecule has 0 unspecified atom stereocenters. The van der Waals surface area contributed by atoms with E-state index in [0.717, 1.165) is 28.9 Å². The van der Waals surface area contributed by atoms with Gasteiger partial charge in [-0.3, -0.25) is 9.89 Å². The van der Waals surface area contributed by atoms with Gasteiger partial charge in [0.25, 0.3) is 5.91 Å². The number of benzene rings is 1. The van der Waals surface area contributed by atoms with Crippen LogP contribution in [0.5, 0.6) is 0 Å². The van der Waals surface area contributed by atoms with E-state index in [4.69, 9.17) is 0 Å². The highest BCUT2D eigenvalue weighted by Crippen LogP contribution is 2.59. The Hall–Kier alpha value is -1.82. The molecule has 130 valence electrons. The maximum atomic E-state index is 13.0. The highest BCUT2D eigenvalue weighted by molar-refractivity contribution is 7.98. The number of nitrogens with one attached hydrogen (secondary N) is 1. The van der Waals surface area contributed by atoms with Crippen LogP contribution in [0.2, 0.25) is 0 Å². The second-order valence-electron chi connectivity index (χ2n) is 7.71. The van der Waals surface area contributed by atoms with Crippen molar-refractivity contribution in [1.29, 1.82) is 0 Å². The molecule has 25 heavy (non-hydrogen) atoms. The molecule has 1 aromatic heterocycles. The molecule has 5 rings (SSSR count). The van der Waals surface area contributed by atoms with E-state index in [2.05, 4.69) is 32.2 Å². The molecule has 2 saturated carbocycles. The van der Waals surface area contributed by atoms with Gasteiger partial charge < -0.3 is 4.90 Å². The summed E-state index contributed by atoms with van der Waals surface area (Å²) >= 11 is 1.61. The summed E-state index contributed by atoms with van der Waals surface area (Å²) in [5, 5.41) is 7.52. The number of thioether (sulfide) groups is 1. The van der Waals surface area contributed by atoms with Crippen molar-refractivity contribution in [2.24, 2.45) is 11.3 Å². The van der Waals surface area contributed by atoms with Crippen LogP contribution in [-0.4, -0.2) is 38.6 Å². The first kappa shape index (κ1) is 15.4. The lowest BCUT2D eigenvalue weighted by Crippen LogP contribution is -2.69. The van der Waals surface area contributed by atoms with Crippen molar-refractivity contribution in [1.82, 2.24) is 20.1 Å². The largest absolute Gasteiger partial charge is 0.334 e. The molecule has 1 atom stereocenters. The van der Waals surface area contributed by atoms with E-state index in [1.54, 1.807) is 11.8 Å². The number of carbonyl (C=O) groups excluding carboxylic acids is 1. The Morgan fingerprint density at radius 3 is 2.68 bits per heavy atom. The van der Waals surface area contributed by atoms with Crippen LogP contribution in [0.1, 0.15) is 48.0 Å². The van der Waals surface area contributed by atoms with Crippen LogP contribution in [0.4, 0.5) is 0 Å². The number of hydrogen-bond acceptors (Lipinski definition) is 4. The van der Waals surface area contributed by atoms with Crippen molar-refractivity contribution >= 4 is 17.7 Å². The molecule has 2 heterocycles. The summed E-state index contributed by atoms with van der Waals surface area (Å²) in [6.45, 7) is 0.982. The molecular formula is C19H22N4OS. The Morgan fingerprint density at radius 2 is 2.08 bits per heavy atom. The van der Waals surface area contributed by atoms with Gasteiger partial charge >= 0.3 is 0 Å². The average molecular weight is 354 g/mol. The molecule has 2 aliphatic carbocycles. The van der Waals surface area contributed by atoms with E-state index in [9.17, 15) is 4.79 Å². The van der Waals surface area contributed by atoms with Crippen LogP contribution >= 0.6 is 11.8 Å². The van der Waals surface area contributed by atoms with Gasteiger partial charge in [-0.2, -0.15) is 5.10 Å². The first-order valence-electron chi connectivity index (χ1n) is 9.13. The average Bonchev–Trinajstić information content (AvgIpc) is 3.23. The number of carbonyl (C=O) groups is 1. The summed E-state index contributed by atoms with van der Waals surface area (Å²) in [6.07, 6.45) is 8.15. The van der Waals surface area contributed by atoms with Crippen LogP contribution < -0.4 is 0 Å². The fourth-order valence-electron chi connectivity index (χ4n) is 4.52. The SMILES string of the molecule is O=C(c1ccc(CSc2ncn[nH]2)cc1)N1CC2(CCC2)[C@@H]1C1CC1. The zero-order valence-corrected chi connectivity index (χ0v) is 15.0. The molecule has 1 N–H and O–H groups in total. The Balaban J connectivity index is 1.25. The van der Waals surface area contributed by atoms with Gasteiger partial charge in [0.1, 0.15) is 6.33 Å². The van der Waals surface area contributed by atoms with Crippen molar-refractivity contribution in [3.8, 4) is 0 Å². The number of hydrogen-bond donors (Lipinski definition) is 1. The summed E-state index contributed by atoms with van der Waals surface area (Å²) in [5.41, 5.74) is 2.51. The molecule has 3 fully saturated rings. The van der Waals surface area contributed by atoms with Crippen LogP contribution in [0.25, 0.3) is 0 Å². The van der Waals surface area contributed by atoms with Crippen molar-refractivity contribution < 1.29 is 4.79 Å². The normalized spacial score (nSPS) is 24.0. The molecule has 1 spiro atoms. The van der Waals surface area contributed by atoms with Gasteiger partial charge in [0, 0.05) is 29.3 Å². The molecule has 5 nitrogen and oxygen atoms in total. The number of rotatable bonds is 5. The Kier molecular flexibility index (Phi) is 3.62. The summed E-state index contributed by atoms with van der Waals surface area (Å²) in [4.78, 5) is 19.2. The minimum atomic E-state index is 0.226. The number of nitrogens with zero attached hydrogens (tertiary/aromatic N) is 3. The lowest BCUT2D eigenvalue weighted by Gasteiger charge is -2.63. The summed E-state index contributed by atoms with van der Waals surface area (Å²) in [6, 6.07) is 8.60. The van der Waals surface area contributed by atoms with E-state index in [0.29, 0.717) is 11.5 Å². The van der Waals surface area contributed by atoms with Gasteiger partial charge in [-0.25, -0.2) is 4.98 Å². The van der Waals surface area contributed by atoms with Gasteiger partial charge in [-0.05, 0) is 49.3 Å². The van der Waals surface area contributed by atoms with E-state index >= 15 is 0 Å². The first-order valence-corrected chi connectivity index (χ1v) is 10.1. The second-order valence-corrected chi connectivity index (χ2v) is 8.67. The standard InChI is InChI=1S/C19H22N4OS/c24-17(23-11-19(8-1-9-19)16(23)14-6-7-14)15-4-2-13(3-5-15)10-25-18-20-12-21-22-18/h2-5,12,14,16H,1,6-11H2,(H,20,21,22)/t16-/m0/s1. The highest BCUT2D eigenvalue weighted by Gasteiger charge is 2.61. The number of H-pyrrole nitrogens is 1. The van der Waals surface area contributed by atoms with E-state index < -0.39 is 0 Å². The third kappa shape index (κ3) is 2.67. The van der Waals surface area contributed by atoms with Crippen LogP contribution in [0.3, 0.4) is 0 Å². The van der Waals surface area contributed by atoms with Crippen molar-refractivity contribution in [3.63, 3.8) is 0 Å². The summed E-state index contributed by atoms with van der Waals surface area (Å²) in [7, 11) is 0. The fraction of sp³-hybridized carbons (Fsp3) is 0.526. The molecule has 1 aliphatic heterocycles. The van der Waals surface area contributed by atoms with Crippen molar-refractivity contribution in [3.05, 3.63) is 41.7 Å². The molecule has 6 heteroatoms. The second kappa shape index (κ2) is 5.87. The van der Waals surface area contributed by atoms with Crippen LogP contribution in [0, 0.1) is 11.3 Å². The van der Waals surface area contributed by atoms with Gasteiger partial charge in [0.05, 0.1) is 0 Å². The molecule has 1 saturated heterocycles. The zero-order chi connectivity index (χ0) is 16.9. The van der Waals surface area contributed by atoms with Crippen LogP contribution in [-0.2, 0) is 5.75 Å². The van der Waals surface area contributed by atoms with E-state index in [-0.39, 0.29) is 5.91 Å². The Morgan fingerprint density at radius 1 is 1.28 bits per heavy atom. The third-order valence-electron chi connectivity index (χ3n) is 6.10. The first-order chi connectivity index (χ1) is 12.3. The van der Waals surface area contributed by atoms with Crippen molar-refractivity contribution in [2.45, 2.75) is 49.1 Å². The number of aromatic amines is 1. The minimum Gasteiger partial charge on any atom is -0.334 e. The monoisotopic (exact) mass is 354 g/mol. The molecular weight excluding hydrogens is 332 g/mol. The minimum absolute atomic E-state index is 0.226. The molecule has 1 aromatic carbocycles. The maximum absolute atomic E-state index is 13.0. The smallest absolute Gasteiger partial charge is 0.254 e. The fourth-order valence-corrected chi connectivity index (χ4v) is 5.26. The van der Waals surface area contributed by atoms with Crippen LogP contribution in [0.15, 0.2) is 35.7 Å². The Labute approximate surface area is 151 Å². The quantitative estimate of drug-likeness (QED) is 0.835.